The molecule has 116 valence electrons. The number of carbonyl (C=O) groups is 1. The van der Waals surface area contributed by atoms with Gasteiger partial charge in [0.05, 0.1) is 10.2 Å². The minimum atomic E-state index is -2.54. The summed E-state index contributed by atoms with van der Waals surface area (Å²) >= 11 is 3.27. The van der Waals surface area contributed by atoms with E-state index in [0.717, 1.165) is 0 Å². The van der Waals surface area contributed by atoms with E-state index in [4.69, 9.17) is 4.74 Å². The molecule has 0 saturated heterocycles. The Bertz CT molecular complexity index is 750. The maximum absolute atomic E-state index is 12.2. The maximum Gasteiger partial charge on any atom is 0.272 e. The molecule has 22 heavy (non-hydrogen) atoms. The predicted molar refractivity (Wildman–Crippen MR) is 85.8 cm³/mol. The number of halogens is 3. The summed E-state index contributed by atoms with van der Waals surface area (Å²) in [7, 11) is 0. The summed E-state index contributed by atoms with van der Waals surface area (Å²) in [5.74, 6) is 0.159. The lowest BCUT2D eigenvalue weighted by molar-refractivity contribution is 0.0816. The normalized spacial score (nSPS) is 12.0. The fraction of sp³-hybridized carbons (Fsp3) is 0.188. The van der Waals surface area contributed by atoms with Gasteiger partial charge in [-0.1, -0.05) is 18.7 Å². The number of aromatic nitrogens is 1. The fourth-order valence-corrected chi connectivity index (χ4v) is 2.44. The van der Waals surface area contributed by atoms with Crippen LogP contribution in [0.3, 0.4) is 0 Å². The summed E-state index contributed by atoms with van der Waals surface area (Å²) in [6, 6.07) is 4.97. The van der Waals surface area contributed by atoms with Crippen LogP contribution in [0.1, 0.15) is 17.4 Å². The number of fused-ring (bicyclic) bond motifs is 1. The highest BCUT2D eigenvalue weighted by molar-refractivity contribution is 9.10. The number of ketones is 1. The first kappa shape index (κ1) is 16.4. The third kappa shape index (κ3) is 3.62. The van der Waals surface area contributed by atoms with Gasteiger partial charge >= 0.3 is 0 Å². The van der Waals surface area contributed by atoms with Gasteiger partial charge in [0.2, 0.25) is 5.78 Å². The smallest absolute Gasteiger partial charge is 0.272 e. The average molecular weight is 370 g/mol. The van der Waals surface area contributed by atoms with Crippen LogP contribution in [0.4, 0.5) is 8.78 Å². The highest BCUT2D eigenvalue weighted by atomic mass is 79.9. The molecule has 3 nitrogen and oxygen atoms in total. The molecule has 0 aliphatic carbocycles. The van der Waals surface area contributed by atoms with Gasteiger partial charge in [0.15, 0.2) is 0 Å². The lowest BCUT2D eigenvalue weighted by Crippen LogP contribution is -2.07. The average Bonchev–Trinajstić information content (AvgIpc) is 2.86. The molecule has 0 saturated carbocycles. The predicted octanol–water partition coefficient (Wildman–Crippen LogP) is 4.89. The molecule has 0 amide bonds. The Morgan fingerprint density at radius 1 is 1.45 bits per heavy atom. The zero-order valence-corrected chi connectivity index (χ0v) is 13.4. The molecule has 1 N–H and O–H groups in total. The Balaban J connectivity index is 2.36. The number of hydrogen-bond donors (Lipinski definition) is 1. The number of carbonyl (C=O) groups excluding carboxylic acids is 1. The minimum absolute atomic E-state index is 0.151. The van der Waals surface area contributed by atoms with Gasteiger partial charge in [-0.15, -0.1) is 0 Å². The zero-order chi connectivity index (χ0) is 16.3. The summed E-state index contributed by atoms with van der Waals surface area (Å²) in [6.45, 7) is 4.57. The summed E-state index contributed by atoms with van der Waals surface area (Å²) in [5, 5.41) is 0.710. The lowest BCUT2D eigenvalue weighted by atomic mass is 10.1. The van der Waals surface area contributed by atoms with E-state index in [0.29, 0.717) is 32.4 Å². The van der Waals surface area contributed by atoms with Crippen LogP contribution in [0.2, 0.25) is 0 Å². The van der Waals surface area contributed by atoms with Gasteiger partial charge in [-0.3, -0.25) is 4.79 Å². The van der Waals surface area contributed by atoms with Crippen LogP contribution in [0.15, 0.2) is 47.0 Å². The van der Waals surface area contributed by atoms with E-state index in [1.807, 2.05) is 0 Å². The molecule has 1 aromatic carbocycles. The maximum atomic E-state index is 12.2. The van der Waals surface area contributed by atoms with Gasteiger partial charge < -0.3 is 9.72 Å². The minimum Gasteiger partial charge on any atom is -0.486 e. The molecule has 1 aromatic heterocycles. The van der Waals surface area contributed by atoms with Crippen LogP contribution in [-0.2, 0) is 0 Å². The summed E-state index contributed by atoms with van der Waals surface area (Å²) in [4.78, 5) is 15.2. The van der Waals surface area contributed by atoms with Gasteiger partial charge in [-0.25, -0.2) is 8.78 Å². The Morgan fingerprint density at radius 3 is 2.82 bits per heavy atom. The number of hydrogen-bond acceptors (Lipinski definition) is 2. The molecular weight excluding hydrogens is 356 g/mol. The van der Waals surface area contributed by atoms with Crippen molar-refractivity contribution in [3.63, 3.8) is 0 Å². The monoisotopic (exact) mass is 369 g/mol. The molecule has 0 aliphatic rings. The highest BCUT2D eigenvalue weighted by Gasteiger charge is 2.14. The third-order valence-corrected chi connectivity index (χ3v) is 3.63. The largest absolute Gasteiger partial charge is 0.486 e. The van der Waals surface area contributed by atoms with Gasteiger partial charge in [-0.05, 0) is 46.6 Å². The molecule has 1 heterocycles. The second-order valence-corrected chi connectivity index (χ2v) is 5.52. The van der Waals surface area contributed by atoms with E-state index >= 15 is 0 Å². The van der Waals surface area contributed by atoms with Crippen LogP contribution in [0, 0.1) is 0 Å². The first-order valence-corrected chi connectivity index (χ1v) is 7.29. The van der Waals surface area contributed by atoms with Gasteiger partial charge in [0, 0.05) is 10.9 Å². The van der Waals surface area contributed by atoms with E-state index in [1.54, 1.807) is 37.3 Å². The van der Waals surface area contributed by atoms with Crippen molar-refractivity contribution in [1.82, 2.24) is 4.98 Å². The first-order chi connectivity index (χ1) is 10.4. The van der Waals surface area contributed by atoms with E-state index in [2.05, 4.69) is 27.5 Å². The summed E-state index contributed by atoms with van der Waals surface area (Å²) < 4.78 is 30.0. The van der Waals surface area contributed by atoms with E-state index in [-0.39, 0.29) is 5.78 Å². The Labute approximate surface area is 134 Å². The van der Waals surface area contributed by atoms with E-state index in [9.17, 15) is 13.6 Å². The summed E-state index contributed by atoms with van der Waals surface area (Å²) in [6.07, 6.45) is 0.626. The molecule has 0 fully saturated rings. The Kier molecular flexibility index (Phi) is 5.13. The number of H-pyrrole nitrogens is 1. The van der Waals surface area contributed by atoms with Crippen molar-refractivity contribution >= 4 is 32.6 Å². The van der Waals surface area contributed by atoms with Crippen molar-refractivity contribution in [2.75, 3.05) is 6.61 Å². The van der Waals surface area contributed by atoms with Crippen LogP contribution in [0.5, 0.6) is 5.75 Å². The number of allylic oxidation sites excluding steroid dienone is 3. The van der Waals surface area contributed by atoms with Gasteiger partial charge in [-0.2, -0.15) is 0 Å². The number of Topliss-reactive ketones (excluding diaryl/α,β-unsaturated/α-hetero) is 1. The number of ether oxygens (including phenoxy) is 1. The molecule has 0 radical (unpaired) electrons. The molecular formula is C16H14BrF2NO2. The highest BCUT2D eigenvalue weighted by Crippen LogP contribution is 2.31. The van der Waals surface area contributed by atoms with Crippen molar-refractivity contribution in [2.45, 2.75) is 13.3 Å². The molecule has 0 bridgehead atoms. The second kappa shape index (κ2) is 6.87. The standard InChI is InChI=1S/C16H14BrF2NO2/c1-3-4-9(2)16(21)13-5-10-6-14(22-8-15(18)19)11(17)7-12(10)20-13/h3-7,15,20H,1,8H2,2H3/b9-4+. The summed E-state index contributed by atoms with van der Waals surface area (Å²) in [5.41, 5.74) is 1.68. The SMILES string of the molecule is C=C/C=C(\C)C(=O)c1cc2cc(OCC(F)F)c(Br)cc2[nH]1. The second-order valence-electron chi connectivity index (χ2n) is 4.67. The Hall–Kier alpha value is -1.95. The van der Waals surface area contributed by atoms with E-state index in [1.165, 1.54) is 0 Å². The number of nitrogens with one attached hydrogen (secondary N) is 1. The van der Waals surface area contributed by atoms with Crippen LogP contribution in [-0.4, -0.2) is 23.8 Å². The number of rotatable bonds is 6. The first-order valence-electron chi connectivity index (χ1n) is 6.49. The zero-order valence-electron chi connectivity index (χ0n) is 11.8. The van der Waals surface area contributed by atoms with Gasteiger partial charge in [0.25, 0.3) is 6.43 Å². The molecule has 0 atom stereocenters. The third-order valence-electron chi connectivity index (χ3n) is 3.01. The van der Waals surface area contributed by atoms with Crippen LogP contribution >= 0.6 is 15.9 Å². The number of alkyl halides is 2. The van der Waals surface area contributed by atoms with Gasteiger partial charge in [0.1, 0.15) is 12.4 Å². The lowest BCUT2D eigenvalue weighted by Gasteiger charge is -2.07. The molecule has 0 unspecified atom stereocenters. The molecule has 2 rings (SSSR count). The quantitative estimate of drug-likeness (QED) is 0.447. The van der Waals surface area contributed by atoms with E-state index < -0.39 is 13.0 Å². The van der Waals surface area contributed by atoms with Crippen LogP contribution in [0.25, 0.3) is 10.9 Å². The molecule has 0 spiro atoms. The van der Waals surface area contributed by atoms with Crippen molar-refractivity contribution < 1.29 is 18.3 Å². The molecule has 0 aliphatic heterocycles. The number of benzene rings is 1. The number of aromatic amines is 1. The fourth-order valence-electron chi connectivity index (χ4n) is 1.98. The Morgan fingerprint density at radius 2 is 2.18 bits per heavy atom. The van der Waals surface area contributed by atoms with Crippen LogP contribution < -0.4 is 4.74 Å². The van der Waals surface area contributed by atoms with Crippen molar-refractivity contribution in [3.8, 4) is 5.75 Å². The van der Waals surface area contributed by atoms with Crippen molar-refractivity contribution in [3.05, 3.63) is 52.7 Å². The molecule has 6 heteroatoms. The van der Waals surface area contributed by atoms with Crippen molar-refractivity contribution in [1.29, 1.82) is 0 Å². The van der Waals surface area contributed by atoms with Crippen molar-refractivity contribution in [2.24, 2.45) is 0 Å². The topological polar surface area (TPSA) is 42.1 Å². The molecule has 2 aromatic rings.